The lowest BCUT2D eigenvalue weighted by Gasteiger charge is -2.09. The van der Waals surface area contributed by atoms with E-state index in [1.807, 2.05) is 24.3 Å². The van der Waals surface area contributed by atoms with Crippen molar-refractivity contribution in [1.29, 1.82) is 0 Å². The first-order chi connectivity index (χ1) is 9.50. The molecule has 0 aliphatic heterocycles. The van der Waals surface area contributed by atoms with E-state index < -0.39 is 9.84 Å². The lowest BCUT2D eigenvalue weighted by molar-refractivity contribution is 0.596. The van der Waals surface area contributed by atoms with Crippen LogP contribution < -0.4 is 5.32 Å². The SMILES string of the molecule is O=S(=O)(CCNc1ccccc1Br)c1ccccc1Cl. The second-order valence-corrected chi connectivity index (χ2v) is 7.50. The van der Waals surface area contributed by atoms with Crippen LogP contribution in [0.25, 0.3) is 0 Å². The van der Waals surface area contributed by atoms with Gasteiger partial charge in [-0.05, 0) is 40.2 Å². The maximum Gasteiger partial charge on any atom is 0.181 e. The fourth-order valence-corrected chi connectivity index (χ4v) is 3.89. The van der Waals surface area contributed by atoms with Crippen LogP contribution in [-0.4, -0.2) is 20.7 Å². The third kappa shape index (κ3) is 3.75. The van der Waals surface area contributed by atoms with Gasteiger partial charge in [-0.25, -0.2) is 8.42 Å². The quantitative estimate of drug-likeness (QED) is 0.861. The minimum absolute atomic E-state index is 0.0158. The van der Waals surface area contributed by atoms with Gasteiger partial charge in [-0.2, -0.15) is 0 Å². The van der Waals surface area contributed by atoms with Crippen molar-refractivity contribution >= 4 is 43.1 Å². The molecule has 6 heteroatoms. The molecule has 106 valence electrons. The zero-order valence-electron chi connectivity index (χ0n) is 10.5. The highest BCUT2D eigenvalue weighted by molar-refractivity contribution is 9.10. The Kier molecular flexibility index (Phi) is 5.07. The summed E-state index contributed by atoms with van der Waals surface area (Å²) in [7, 11) is -3.38. The van der Waals surface area contributed by atoms with Gasteiger partial charge in [0.1, 0.15) is 0 Å². The lowest BCUT2D eigenvalue weighted by Crippen LogP contribution is -2.16. The first-order valence-corrected chi connectivity index (χ1v) is 8.79. The van der Waals surface area contributed by atoms with Crippen molar-refractivity contribution in [2.24, 2.45) is 0 Å². The van der Waals surface area contributed by atoms with Crippen LogP contribution in [0.5, 0.6) is 0 Å². The summed E-state index contributed by atoms with van der Waals surface area (Å²) >= 11 is 9.32. The fraction of sp³-hybridized carbons (Fsp3) is 0.143. The predicted octanol–water partition coefficient (Wildman–Crippen LogP) is 3.99. The summed E-state index contributed by atoms with van der Waals surface area (Å²) in [5.41, 5.74) is 0.863. The van der Waals surface area contributed by atoms with Gasteiger partial charge >= 0.3 is 0 Å². The maximum atomic E-state index is 12.2. The third-order valence-corrected chi connectivity index (χ3v) is 5.63. The molecule has 2 rings (SSSR count). The minimum atomic E-state index is -3.38. The van der Waals surface area contributed by atoms with E-state index in [1.165, 1.54) is 6.07 Å². The molecule has 0 saturated heterocycles. The highest BCUT2D eigenvalue weighted by Gasteiger charge is 2.17. The van der Waals surface area contributed by atoms with Crippen molar-refractivity contribution < 1.29 is 8.42 Å². The molecule has 0 fully saturated rings. The van der Waals surface area contributed by atoms with Crippen LogP contribution in [0.15, 0.2) is 57.9 Å². The van der Waals surface area contributed by atoms with Gasteiger partial charge in [0.15, 0.2) is 9.84 Å². The predicted molar refractivity (Wildman–Crippen MR) is 86.1 cm³/mol. The zero-order chi connectivity index (χ0) is 14.6. The number of sulfone groups is 1. The molecule has 0 spiro atoms. The topological polar surface area (TPSA) is 46.2 Å². The average molecular weight is 375 g/mol. The summed E-state index contributed by atoms with van der Waals surface area (Å²) < 4.78 is 25.3. The van der Waals surface area contributed by atoms with E-state index in [0.29, 0.717) is 6.54 Å². The number of nitrogens with one attached hydrogen (secondary N) is 1. The summed E-state index contributed by atoms with van der Waals surface area (Å²) in [6, 6.07) is 14.0. The summed E-state index contributed by atoms with van der Waals surface area (Å²) in [4.78, 5) is 0.176. The van der Waals surface area contributed by atoms with Crippen molar-refractivity contribution in [2.75, 3.05) is 17.6 Å². The van der Waals surface area contributed by atoms with E-state index in [9.17, 15) is 8.42 Å². The van der Waals surface area contributed by atoms with Crippen molar-refractivity contribution in [3.63, 3.8) is 0 Å². The average Bonchev–Trinajstić information content (AvgIpc) is 2.41. The molecule has 0 amide bonds. The van der Waals surface area contributed by atoms with Crippen molar-refractivity contribution in [2.45, 2.75) is 4.90 Å². The normalized spacial score (nSPS) is 11.3. The van der Waals surface area contributed by atoms with Gasteiger partial charge in [0, 0.05) is 16.7 Å². The van der Waals surface area contributed by atoms with Crippen molar-refractivity contribution in [3.8, 4) is 0 Å². The van der Waals surface area contributed by atoms with Crippen molar-refractivity contribution in [1.82, 2.24) is 0 Å². The van der Waals surface area contributed by atoms with E-state index in [2.05, 4.69) is 21.2 Å². The molecule has 0 aliphatic carbocycles. The number of para-hydroxylation sites is 1. The molecule has 0 radical (unpaired) electrons. The van der Waals surface area contributed by atoms with Crippen LogP contribution in [0, 0.1) is 0 Å². The van der Waals surface area contributed by atoms with Crippen LogP contribution in [0.4, 0.5) is 5.69 Å². The molecule has 0 unspecified atom stereocenters. The van der Waals surface area contributed by atoms with Crippen LogP contribution in [0.2, 0.25) is 5.02 Å². The van der Waals surface area contributed by atoms with Gasteiger partial charge in [0.25, 0.3) is 0 Å². The molecule has 0 atom stereocenters. The van der Waals surface area contributed by atoms with Crippen molar-refractivity contribution in [3.05, 3.63) is 58.0 Å². The Morgan fingerprint density at radius 2 is 1.70 bits per heavy atom. The van der Waals surface area contributed by atoms with Crippen LogP contribution in [0.3, 0.4) is 0 Å². The summed E-state index contributed by atoms with van der Waals surface area (Å²) in [5.74, 6) is -0.0158. The molecular formula is C14H13BrClNO2S. The van der Waals surface area contributed by atoms with Gasteiger partial charge in [0.05, 0.1) is 15.7 Å². The highest BCUT2D eigenvalue weighted by Crippen LogP contribution is 2.23. The Morgan fingerprint density at radius 3 is 2.40 bits per heavy atom. The molecule has 0 aliphatic rings. The van der Waals surface area contributed by atoms with Gasteiger partial charge in [-0.1, -0.05) is 35.9 Å². The van der Waals surface area contributed by atoms with Crippen LogP contribution in [0.1, 0.15) is 0 Å². The third-order valence-electron chi connectivity index (χ3n) is 2.73. The molecule has 2 aromatic rings. The Labute approximate surface area is 132 Å². The number of rotatable bonds is 5. The molecule has 0 heterocycles. The van der Waals surface area contributed by atoms with Gasteiger partial charge in [-0.3, -0.25) is 0 Å². The monoisotopic (exact) mass is 373 g/mol. The Bertz CT molecular complexity index is 704. The van der Waals surface area contributed by atoms with E-state index in [-0.39, 0.29) is 15.7 Å². The molecular weight excluding hydrogens is 362 g/mol. The maximum absolute atomic E-state index is 12.2. The van der Waals surface area contributed by atoms with Crippen LogP contribution in [-0.2, 0) is 9.84 Å². The highest BCUT2D eigenvalue weighted by atomic mass is 79.9. The minimum Gasteiger partial charge on any atom is -0.383 e. The molecule has 1 N–H and O–H groups in total. The molecule has 0 saturated carbocycles. The number of halogens is 2. The number of hydrogen-bond donors (Lipinski definition) is 1. The number of hydrogen-bond acceptors (Lipinski definition) is 3. The molecule has 0 aromatic heterocycles. The Hall–Kier alpha value is -1.04. The first kappa shape index (κ1) is 15.4. The number of benzene rings is 2. The lowest BCUT2D eigenvalue weighted by atomic mass is 10.3. The Morgan fingerprint density at radius 1 is 1.05 bits per heavy atom. The van der Waals surface area contributed by atoms with E-state index >= 15 is 0 Å². The van der Waals surface area contributed by atoms with Gasteiger partial charge in [0.2, 0.25) is 0 Å². The summed E-state index contributed by atoms with van der Waals surface area (Å²) in [6.45, 7) is 0.316. The standard InChI is InChI=1S/C14H13BrClNO2S/c15-11-5-1-3-7-13(11)17-9-10-20(18,19)14-8-4-2-6-12(14)16/h1-8,17H,9-10H2. The molecule has 2 aromatic carbocycles. The largest absolute Gasteiger partial charge is 0.383 e. The number of anilines is 1. The summed E-state index contributed by atoms with van der Waals surface area (Å²) in [6.07, 6.45) is 0. The van der Waals surface area contributed by atoms with E-state index in [1.54, 1.807) is 18.2 Å². The molecule has 3 nitrogen and oxygen atoms in total. The summed E-state index contributed by atoms with van der Waals surface area (Å²) in [5, 5.41) is 3.35. The molecule has 0 bridgehead atoms. The zero-order valence-corrected chi connectivity index (χ0v) is 13.7. The molecule has 20 heavy (non-hydrogen) atoms. The Balaban J connectivity index is 2.04. The second kappa shape index (κ2) is 6.61. The van der Waals surface area contributed by atoms with E-state index in [4.69, 9.17) is 11.6 Å². The van der Waals surface area contributed by atoms with Gasteiger partial charge in [-0.15, -0.1) is 0 Å². The van der Waals surface area contributed by atoms with Crippen LogP contribution >= 0.6 is 27.5 Å². The first-order valence-electron chi connectivity index (χ1n) is 5.96. The van der Waals surface area contributed by atoms with E-state index in [0.717, 1.165) is 10.2 Å². The second-order valence-electron chi connectivity index (χ2n) is 4.16. The van der Waals surface area contributed by atoms with Gasteiger partial charge < -0.3 is 5.32 Å². The fourth-order valence-electron chi connectivity index (χ4n) is 1.73. The smallest absolute Gasteiger partial charge is 0.181 e.